The first-order valence-electron chi connectivity index (χ1n) is 18.5. The molecular formula is C47H44O4P2. The van der Waals surface area contributed by atoms with Crippen molar-refractivity contribution >= 4 is 47.7 Å². The zero-order chi connectivity index (χ0) is 36.1. The fourth-order valence-corrected chi connectivity index (χ4v) is 14.6. The third-order valence-electron chi connectivity index (χ3n) is 11.8. The maximum atomic E-state index is 5.62. The summed E-state index contributed by atoms with van der Waals surface area (Å²) in [6, 6.07) is 49.7. The van der Waals surface area contributed by atoms with E-state index in [0.717, 1.165) is 23.0 Å². The fraction of sp³-hybridized carbons (Fsp3) is 0.234. The molecule has 0 spiro atoms. The highest BCUT2D eigenvalue weighted by Crippen LogP contribution is 2.64. The molecule has 6 aromatic rings. The SMILES string of the molecule is COc1ccc(P(c2ccc(OC)cc2)c2cccc3c2C2c4c(cccc4P(c4ccc(OC)cc4)c4ccc(OC)cc4)C3[C@H]3CCC[C@@H]23)cc1. The lowest BCUT2D eigenvalue weighted by Gasteiger charge is -2.51. The van der Waals surface area contributed by atoms with Crippen molar-refractivity contribution in [3.05, 3.63) is 156 Å². The topological polar surface area (TPSA) is 36.9 Å². The monoisotopic (exact) mass is 734 g/mol. The van der Waals surface area contributed by atoms with Crippen molar-refractivity contribution in [3.8, 4) is 23.0 Å². The Labute approximate surface area is 315 Å². The molecule has 2 bridgehead atoms. The van der Waals surface area contributed by atoms with Crippen molar-refractivity contribution in [1.82, 2.24) is 0 Å². The van der Waals surface area contributed by atoms with Gasteiger partial charge in [0, 0.05) is 11.8 Å². The Morgan fingerprint density at radius 2 is 0.717 bits per heavy atom. The molecule has 4 nitrogen and oxygen atoms in total. The van der Waals surface area contributed by atoms with Crippen LogP contribution < -0.4 is 50.8 Å². The molecule has 0 aromatic heterocycles. The first-order chi connectivity index (χ1) is 26.1. The van der Waals surface area contributed by atoms with Crippen molar-refractivity contribution in [1.29, 1.82) is 0 Å². The number of ether oxygens (including phenoxy) is 4. The fourth-order valence-electron chi connectivity index (χ4n) is 9.58. The smallest absolute Gasteiger partial charge is 0.118 e. The highest BCUT2D eigenvalue weighted by molar-refractivity contribution is 7.80. The minimum atomic E-state index is -0.872. The molecule has 0 saturated heterocycles. The van der Waals surface area contributed by atoms with Gasteiger partial charge in [-0.25, -0.2) is 0 Å². The average molecular weight is 735 g/mol. The Morgan fingerprint density at radius 3 is 1.04 bits per heavy atom. The predicted octanol–water partition coefficient (Wildman–Crippen LogP) is 8.24. The molecule has 266 valence electrons. The minimum absolute atomic E-state index is 0.327. The summed E-state index contributed by atoms with van der Waals surface area (Å²) in [5, 5.41) is 8.28. The normalized spacial score (nSPS) is 19.4. The van der Waals surface area contributed by atoms with Gasteiger partial charge < -0.3 is 18.9 Å². The van der Waals surface area contributed by atoms with Crippen molar-refractivity contribution < 1.29 is 18.9 Å². The number of benzene rings is 6. The third-order valence-corrected chi connectivity index (χ3v) is 16.8. The van der Waals surface area contributed by atoms with E-state index in [2.05, 4.69) is 133 Å². The highest BCUT2D eigenvalue weighted by atomic mass is 31.1. The minimum Gasteiger partial charge on any atom is -0.497 e. The summed E-state index contributed by atoms with van der Waals surface area (Å²) < 4.78 is 22.5. The Bertz CT molecular complexity index is 1990. The average Bonchev–Trinajstić information content (AvgIpc) is 3.73. The maximum absolute atomic E-state index is 5.62. The van der Waals surface area contributed by atoms with Gasteiger partial charge in [0.25, 0.3) is 0 Å². The van der Waals surface area contributed by atoms with Gasteiger partial charge in [-0.2, -0.15) is 0 Å². The lowest BCUT2D eigenvalue weighted by molar-refractivity contribution is 0.273. The van der Waals surface area contributed by atoms with Gasteiger partial charge in [-0.3, -0.25) is 0 Å². The van der Waals surface area contributed by atoms with E-state index in [-0.39, 0.29) is 0 Å². The third kappa shape index (κ3) is 5.83. The molecule has 0 aliphatic heterocycles. The molecular weight excluding hydrogens is 690 g/mol. The summed E-state index contributed by atoms with van der Waals surface area (Å²) in [4.78, 5) is 0. The molecule has 6 aromatic carbocycles. The van der Waals surface area contributed by atoms with Gasteiger partial charge in [-0.15, -0.1) is 0 Å². The summed E-state index contributed by atoms with van der Waals surface area (Å²) in [7, 11) is 5.22. The first kappa shape index (κ1) is 34.2. The van der Waals surface area contributed by atoms with E-state index in [1.807, 2.05) is 0 Å². The summed E-state index contributed by atoms with van der Waals surface area (Å²) in [5.41, 5.74) is 6.26. The van der Waals surface area contributed by atoms with Gasteiger partial charge in [-0.05, 0) is 143 Å². The second-order valence-corrected chi connectivity index (χ2v) is 18.6. The largest absolute Gasteiger partial charge is 0.497 e. The molecule has 53 heavy (non-hydrogen) atoms. The van der Waals surface area contributed by atoms with E-state index < -0.39 is 15.8 Å². The van der Waals surface area contributed by atoms with Crippen LogP contribution >= 0.6 is 15.8 Å². The van der Waals surface area contributed by atoms with Crippen LogP contribution in [0.3, 0.4) is 0 Å². The van der Waals surface area contributed by atoms with Gasteiger partial charge in [0.15, 0.2) is 0 Å². The molecule has 6 heteroatoms. The zero-order valence-electron chi connectivity index (χ0n) is 30.7. The van der Waals surface area contributed by atoms with E-state index in [9.17, 15) is 0 Å². The Kier molecular flexibility index (Phi) is 9.23. The van der Waals surface area contributed by atoms with Crippen LogP contribution in [-0.4, -0.2) is 28.4 Å². The molecule has 1 saturated carbocycles. The second kappa shape index (κ2) is 14.3. The van der Waals surface area contributed by atoms with Gasteiger partial charge in [-0.1, -0.05) is 91.3 Å². The molecule has 0 heterocycles. The van der Waals surface area contributed by atoms with Gasteiger partial charge in [0.2, 0.25) is 0 Å². The van der Waals surface area contributed by atoms with Crippen molar-refractivity contribution in [3.63, 3.8) is 0 Å². The molecule has 0 radical (unpaired) electrons. The van der Waals surface area contributed by atoms with Crippen LogP contribution in [0, 0.1) is 11.8 Å². The van der Waals surface area contributed by atoms with Gasteiger partial charge in [0.1, 0.15) is 23.0 Å². The second-order valence-electron chi connectivity index (χ2n) is 14.2. The lowest BCUT2D eigenvalue weighted by Crippen LogP contribution is -2.43. The van der Waals surface area contributed by atoms with Crippen LogP contribution in [0.1, 0.15) is 53.4 Å². The van der Waals surface area contributed by atoms with Crippen LogP contribution in [0.2, 0.25) is 0 Å². The first-order valence-corrected chi connectivity index (χ1v) is 21.2. The van der Waals surface area contributed by atoms with Crippen LogP contribution in [-0.2, 0) is 0 Å². The summed E-state index contributed by atoms with van der Waals surface area (Å²) in [6.45, 7) is 0. The molecule has 4 aliphatic carbocycles. The molecule has 0 unspecified atom stereocenters. The lowest BCUT2D eigenvalue weighted by atomic mass is 9.55. The molecule has 0 N–H and O–H groups in total. The van der Waals surface area contributed by atoms with Crippen LogP contribution in [0.5, 0.6) is 23.0 Å². The van der Waals surface area contributed by atoms with Gasteiger partial charge >= 0.3 is 0 Å². The van der Waals surface area contributed by atoms with Crippen molar-refractivity contribution in [2.24, 2.45) is 11.8 Å². The Balaban J connectivity index is 1.28. The number of rotatable bonds is 10. The molecule has 0 amide bonds. The van der Waals surface area contributed by atoms with Gasteiger partial charge in [0.05, 0.1) is 28.4 Å². The molecule has 1 fully saturated rings. The quantitative estimate of drug-likeness (QED) is 0.133. The standard InChI is InChI=1S/C47H44O4P2/c1-48-30-14-22-34(23-15-30)52(35-24-16-31(49-2)17-25-35)42-12-6-10-40-44-38-8-5-9-39(38)47(45(40)42)46-41(44)11-7-13-43(46)53(36-26-18-32(50-3)19-27-36)37-28-20-33(51-4)21-29-37/h6-7,10-29,38-39,44,47H,5,8-9H2,1-4H3/t38-,39+,44?,47?/m0/s1. The maximum Gasteiger partial charge on any atom is 0.118 e. The van der Waals surface area contributed by atoms with Crippen molar-refractivity contribution in [2.75, 3.05) is 28.4 Å². The Morgan fingerprint density at radius 1 is 0.396 bits per heavy atom. The molecule has 4 aliphatic rings. The van der Waals surface area contributed by atoms with Crippen LogP contribution in [0.15, 0.2) is 133 Å². The molecule has 10 rings (SSSR count). The predicted molar refractivity (Wildman–Crippen MR) is 221 cm³/mol. The number of hydrogen-bond acceptors (Lipinski definition) is 4. The van der Waals surface area contributed by atoms with E-state index in [0.29, 0.717) is 23.7 Å². The van der Waals surface area contributed by atoms with E-state index in [1.165, 1.54) is 51.1 Å². The van der Waals surface area contributed by atoms with E-state index in [4.69, 9.17) is 18.9 Å². The van der Waals surface area contributed by atoms with E-state index >= 15 is 0 Å². The van der Waals surface area contributed by atoms with E-state index in [1.54, 1.807) is 50.7 Å². The van der Waals surface area contributed by atoms with Crippen LogP contribution in [0.25, 0.3) is 0 Å². The zero-order valence-corrected chi connectivity index (χ0v) is 32.4. The summed E-state index contributed by atoms with van der Waals surface area (Å²) in [6.07, 6.45) is 3.88. The number of hydrogen-bond donors (Lipinski definition) is 0. The highest BCUT2D eigenvalue weighted by Gasteiger charge is 2.53. The number of methoxy groups -OCH3 is 4. The summed E-state index contributed by atoms with van der Waals surface area (Å²) >= 11 is 0. The Hall–Kier alpha value is -4.62. The summed E-state index contributed by atoms with van der Waals surface area (Å²) in [5.74, 6) is 5.53. The molecule has 2 atom stereocenters. The van der Waals surface area contributed by atoms with Crippen molar-refractivity contribution in [2.45, 2.75) is 31.1 Å². The van der Waals surface area contributed by atoms with Crippen LogP contribution in [0.4, 0.5) is 0 Å².